The second-order valence-electron chi connectivity index (χ2n) is 4.71. The summed E-state index contributed by atoms with van der Waals surface area (Å²) in [4.78, 5) is 14.2. The number of nitrogens with two attached hydrogens (primary N) is 1. The maximum absolute atomic E-state index is 12.5. The summed E-state index contributed by atoms with van der Waals surface area (Å²) in [5.74, 6) is 0.670. The van der Waals surface area contributed by atoms with E-state index in [0.717, 1.165) is 15.8 Å². The monoisotopic (exact) mass is 348 g/mol. The zero-order valence-electron chi connectivity index (χ0n) is 12.0. The van der Waals surface area contributed by atoms with Gasteiger partial charge in [0.25, 0.3) is 5.91 Å². The van der Waals surface area contributed by atoms with Crippen molar-refractivity contribution in [3.8, 4) is 5.75 Å². The number of hydrogen-bond donors (Lipinski definition) is 1. The average molecular weight is 349 g/mol. The van der Waals surface area contributed by atoms with Gasteiger partial charge in [-0.25, -0.2) is 0 Å². The number of hydrogen-bond acceptors (Lipinski definition) is 3. The molecule has 0 saturated carbocycles. The van der Waals surface area contributed by atoms with Gasteiger partial charge in [-0.15, -0.1) is 0 Å². The number of benzene rings is 2. The van der Waals surface area contributed by atoms with Crippen LogP contribution < -0.4 is 10.5 Å². The number of ether oxygens (including phenoxy) is 1. The number of para-hydroxylation sites is 1. The van der Waals surface area contributed by atoms with Crippen molar-refractivity contribution in [1.82, 2.24) is 4.90 Å². The summed E-state index contributed by atoms with van der Waals surface area (Å²) >= 11 is 3.39. The molecule has 0 aliphatic carbocycles. The van der Waals surface area contributed by atoms with Gasteiger partial charge in [-0.2, -0.15) is 0 Å². The molecular formula is C16H17BrN2O2. The zero-order chi connectivity index (χ0) is 15.4. The lowest BCUT2D eigenvalue weighted by molar-refractivity contribution is 0.0783. The number of carbonyl (C=O) groups excluding carboxylic acids is 1. The molecule has 0 aliphatic heterocycles. The van der Waals surface area contributed by atoms with E-state index in [9.17, 15) is 4.79 Å². The van der Waals surface area contributed by atoms with Crippen LogP contribution in [0.25, 0.3) is 0 Å². The Morgan fingerprint density at radius 3 is 2.71 bits per heavy atom. The molecule has 0 aromatic heterocycles. The molecule has 0 spiro atoms. The van der Waals surface area contributed by atoms with Crippen LogP contribution in [0.15, 0.2) is 46.9 Å². The lowest BCUT2D eigenvalue weighted by Gasteiger charge is -2.19. The standard InChI is InChI=1S/C16H17BrN2O2/c1-19(10-11-5-3-4-6-15(11)21-2)16(20)13-9-12(18)7-8-14(13)17/h3-9H,10,18H2,1-2H3. The molecule has 0 saturated heterocycles. The van der Waals surface area contributed by atoms with E-state index in [0.29, 0.717) is 17.8 Å². The molecule has 110 valence electrons. The Morgan fingerprint density at radius 1 is 1.29 bits per heavy atom. The summed E-state index contributed by atoms with van der Waals surface area (Å²) in [5.41, 5.74) is 7.82. The van der Waals surface area contributed by atoms with Gasteiger partial charge in [0, 0.05) is 29.3 Å². The van der Waals surface area contributed by atoms with Gasteiger partial charge in [0.1, 0.15) is 5.75 Å². The first kappa shape index (κ1) is 15.4. The van der Waals surface area contributed by atoms with Crippen LogP contribution in [0, 0.1) is 0 Å². The summed E-state index contributed by atoms with van der Waals surface area (Å²) < 4.78 is 6.04. The van der Waals surface area contributed by atoms with E-state index in [1.165, 1.54) is 0 Å². The van der Waals surface area contributed by atoms with Crippen LogP contribution in [-0.4, -0.2) is 25.0 Å². The summed E-state index contributed by atoms with van der Waals surface area (Å²) in [6.07, 6.45) is 0. The van der Waals surface area contributed by atoms with E-state index in [1.807, 2.05) is 24.3 Å². The highest BCUT2D eigenvalue weighted by Crippen LogP contribution is 2.23. The fraction of sp³-hybridized carbons (Fsp3) is 0.188. The Labute approximate surface area is 132 Å². The minimum atomic E-state index is -0.0971. The average Bonchev–Trinajstić information content (AvgIpc) is 2.49. The fourth-order valence-corrected chi connectivity index (χ4v) is 2.49. The summed E-state index contributed by atoms with van der Waals surface area (Å²) in [6, 6.07) is 12.8. The molecule has 0 unspecified atom stereocenters. The lowest BCUT2D eigenvalue weighted by atomic mass is 10.1. The van der Waals surface area contributed by atoms with Crippen LogP contribution in [0.3, 0.4) is 0 Å². The smallest absolute Gasteiger partial charge is 0.255 e. The van der Waals surface area contributed by atoms with E-state index >= 15 is 0 Å². The van der Waals surface area contributed by atoms with Crippen LogP contribution in [0.1, 0.15) is 15.9 Å². The predicted molar refractivity (Wildman–Crippen MR) is 87.3 cm³/mol. The molecule has 5 heteroatoms. The Bertz CT molecular complexity index is 658. The van der Waals surface area contributed by atoms with Gasteiger partial charge in [-0.3, -0.25) is 4.79 Å². The maximum Gasteiger partial charge on any atom is 0.255 e. The molecule has 4 nitrogen and oxygen atoms in total. The summed E-state index contributed by atoms with van der Waals surface area (Å²) in [5, 5.41) is 0. The van der Waals surface area contributed by atoms with Crippen molar-refractivity contribution in [1.29, 1.82) is 0 Å². The second kappa shape index (κ2) is 6.63. The molecule has 0 atom stereocenters. The maximum atomic E-state index is 12.5. The van der Waals surface area contributed by atoms with E-state index < -0.39 is 0 Å². The molecule has 0 radical (unpaired) electrons. The minimum Gasteiger partial charge on any atom is -0.496 e. The Kier molecular flexibility index (Phi) is 4.85. The van der Waals surface area contributed by atoms with Gasteiger partial charge < -0.3 is 15.4 Å². The number of nitrogens with zero attached hydrogens (tertiary/aromatic N) is 1. The topological polar surface area (TPSA) is 55.6 Å². The minimum absolute atomic E-state index is 0.0971. The molecule has 0 heterocycles. The number of amides is 1. The lowest BCUT2D eigenvalue weighted by Crippen LogP contribution is -2.26. The highest BCUT2D eigenvalue weighted by Gasteiger charge is 2.16. The van der Waals surface area contributed by atoms with E-state index in [2.05, 4.69) is 15.9 Å². The highest BCUT2D eigenvalue weighted by atomic mass is 79.9. The van der Waals surface area contributed by atoms with Gasteiger partial charge in [-0.05, 0) is 40.2 Å². The third kappa shape index (κ3) is 3.55. The third-order valence-corrected chi connectivity index (χ3v) is 3.86. The van der Waals surface area contributed by atoms with E-state index in [-0.39, 0.29) is 5.91 Å². The van der Waals surface area contributed by atoms with Crippen molar-refractivity contribution in [2.24, 2.45) is 0 Å². The van der Waals surface area contributed by atoms with E-state index in [4.69, 9.17) is 10.5 Å². The Hall–Kier alpha value is -2.01. The Morgan fingerprint density at radius 2 is 2.00 bits per heavy atom. The number of rotatable bonds is 4. The first-order valence-electron chi connectivity index (χ1n) is 6.45. The third-order valence-electron chi connectivity index (χ3n) is 3.17. The number of nitrogen functional groups attached to an aromatic ring is 1. The van der Waals surface area contributed by atoms with Crippen LogP contribution in [-0.2, 0) is 6.54 Å². The number of carbonyl (C=O) groups is 1. The molecular weight excluding hydrogens is 332 g/mol. The van der Waals surface area contributed by atoms with Crippen LogP contribution >= 0.6 is 15.9 Å². The quantitative estimate of drug-likeness (QED) is 0.862. The normalized spacial score (nSPS) is 10.2. The number of anilines is 1. The number of halogens is 1. The summed E-state index contributed by atoms with van der Waals surface area (Å²) in [6.45, 7) is 0.462. The van der Waals surface area contributed by atoms with Gasteiger partial charge in [-0.1, -0.05) is 18.2 Å². The SMILES string of the molecule is COc1ccccc1CN(C)C(=O)c1cc(N)ccc1Br. The van der Waals surface area contributed by atoms with Crippen LogP contribution in [0.5, 0.6) is 5.75 Å². The van der Waals surface area contributed by atoms with Gasteiger partial charge in [0.2, 0.25) is 0 Å². The molecule has 2 rings (SSSR count). The van der Waals surface area contributed by atoms with Gasteiger partial charge in [0.15, 0.2) is 0 Å². The molecule has 2 aromatic rings. The van der Waals surface area contributed by atoms with Crippen LogP contribution in [0.4, 0.5) is 5.69 Å². The first-order chi connectivity index (χ1) is 10.0. The summed E-state index contributed by atoms with van der Waals surface area (Å²) in [7, 11) is 3.37. The van der Waals surface area contributed by atoms with Gasteiger partial charge in [0.05, 0.1) is 12.7 Å². The molecule has 2 N–H and O–H groups in total. The van der Waals surface area contributed by atoms with Gasteiger partial charge >= 0.3 is 0 Å². The first-order valence-corrected chi connectivity index (χ1v) is 7.24. The molecule has 2 aromatic carbocycles. The van der Waals surface area contributed by atoms with E-state index in [1.54, 1.807) is 37.3 Å². The number of methoxy groups -OCH3 is 1. The molecule has 0 aliphatic rings. The molecule has 1 amide bonds. The zero-order valence-corrected chi connectivity index (χ0v) is 13.6. The fourth-order valence-electron chi connectivity index (χ4n) is 2.07. The molecule has 0 bridgehead atoms. The molecule has 21 heavy (non-hydrogen) atoms. The Balaban J connectivity index is 2.22. The van der Waals surface area contributed by atoms with Crippen molar-refractivity contribution < 1.29 is 9.53 Å². The van der Waals surface area contributed by atoms with Crippen molar-refractivity contribution in [2.45, 2.75) is 6.54 Å². The van der Waals surface area contributed by atoms with Crippen molar-refractivity contribution >= 4 is 27.5 Å². The van der Waals surface area contributed by atoms with Crippen LogP contribution in [0.2, 0.25) is 0 Å². The van der Waals surface area contributed by atoms with Crippen molar-refractivity contribution in [3.05, 3.63) is 58.1 Å². The predicted octanol–water partition coefficient (Wildman–Crippen LogP) is 3.31. The second-order valence-corrected chi connectivity index (χ2v) is 5.57. The van der Waals surface area contributed by atoms with Crippen molar-refractivity contribution in [2.75, 3.05) is 19.9 Å². The highest BCUT2D eigenvalue weighted by molar-refractivity contribution is 9.10. The molecule has 0 fully saturated rings. The largest absolute Gasteiger partial charge is 0.496 e. The van der Waals surface area contributed by atoms with Crippen molar-refractivity contribution in [3.63, 3.8) is 0 Å².